The molecule has 1 amide bonds. The number of rotatable bonds is 7. The summed E-state index contributed by atoms with van der Waals surface area (Å²) in [5.74, 6) is -1.78. The average Bonchev–Trinajstić information content (AvgIpc) is 3.60. The van der Waals surface area contributed by atoms with Crippen molar-refractivity contribution >= 4 is 5.91 Å². The van der Waals surface area contributed by atoms with Crippen molar-refractivity contribution in [2.24, 2.45) is 5.41 Å². The van der Waals surface area contributed by atoms with Gasteiger partial charge in [0.05, 0.1) is 12.5 Å². The number of nitrogens with zero attached hydrogens (tertiary/aromatic N) is 2. The quantitative estimate of drug-likeness (QED) is 0.663. The second-order valence-electron chi connectivity index (χ2n) is 9.33. The Hall–Kier alpha value is -2.85. The smallest absolute Gasteiger partial charge is 0.331 e. The lowest BCUT2D eigenvalue weighted by atomic mass is 9.73. The molecule has 1 N–H and O–H groups in total. The number of amides is 1. The molecule has 33 heavy (non-hydrogen) atoms. The Bertz CT molecular complexity index is 992. The fourth-order valence-corrected chi connectivity index (χ4v) is 5.10. The van der Waals surface area contributed by atoms with E-state index in [9.17, 15) is 18.0 Å². The topological polar surface area (TPSA) is 56.1 Å². The minimum atomic E-state index is -4.89. The number of hydrogen-bond acceptors (Lipinski definition) is 3. The zero-order chi connectivity index (χ0) is 23.5. The van der Waals surface area contributed by atoms with Gasteiger partial charge in [0.2, 0.25) is 0 Å². The molecule has 1 saturated carbocycles. The van der Waals surface area contributed by atoms with E-state index in [1.165, 1.54) is 0 Å². The molecule has 0 bridgehead atoms. The van der Waals surface area contributed by atoms with Crippen molar-refractivity contribution in [2.45, 2.75) is 50.2 Å². The van der Waals surface area contributed by atoms with Crippen LogP contribution in [-0.2, 0) is 17.6 Å². The largest absolute Gasteiger partial charge is 0.471 e. The van der Waals surface area contributed by atoms with Gasteiger partial charge in [-0.25, -0.2) is 0 Å². The Morgan fingerprint density at radius 1 is 1.06 bits per heavy atom. The summed E-state index contributed by atoms with van der Waals surface area (Å²) in [5.41, 5.74) is 2.49. The van der Waals surface area contributed by atoms with Gasteiger partial charge in [0.1, 0.15) is 0 Å². The molecule has 2 aliphatic rings. The Kier molecular flexibility index (Phi) is 6.76. The van der Waals surface area contributed by atoms with Crippen LogP contribution in [0.4, 0.5) is 13.2 Å². The molecular formula is C26H28F3N3O. The predicted molar refractivity (Wildman–Crippen MR) is 119 cm³/mol. The van der Waals surface area contributed by atoms with Gasteiger partial charge in [-0.15, -0.1) is 0 Å². The van der Waals surface area contributed by atoms with Gasteiger partial charge in [-0.3, -0.25) is 4.79 Å². The summed E-state index contributed by atoms with van der Waals surface area (Å²) in [6.07, 6.45) is -1.99. The fourth-order valence-electron chi connectivity index (χ4n) is 5.10. The molecule has 1 unspecified atom stereocenters. The van der Waals surface area contributed by atoms with Crippen molar-refractivity contribution in [1.82, 2.24) is 10.2 Å². The number of carbonyl (C=O) groups excluding carboxylic acids is 1. The maximum absolute atomic E-state index is 13.6. The molecule has 2 aromatic rings. The summed E-state index contributed by atoms with van der Waals surface area (Å²) in [7, 11) is 0. The zero-order valence-electron chi connectivity index (χ0n) is 18.4. The van der Waals surface area contributed by atoms with Gasteiger partial charge < -0.3 is 10.2 Å². The molecule has 0 aromatic heterocycles. The van der Waals surface area contributed by atoms with Gasteiger partial charge >= 0.3 is 12.1 Å². The Morgan fingerprint density at radius 2 is 1.70 bits per heavy atom. The highest BCUT2D eigenvalue weighted by atomic mass is 19.4. The number of nitriles is 1. The first-order chi connectivity index (χ1) is 15.8. The molecule has 174 valence electrons. The third-order valence-corrected chi connectivity index (χ3v) is 6.94. The van der Waals surface area contributed by atoms with Crippen molar-refractivity contribution in [1.29, 1.82) is 5.26 Å². The van der Waals surface area contributed by atoms with Crippen LogP contribution in [0.15, 0.2) is 54.6 Å². The fraction of sp³-hybridized carbons (Fsp3) is 0.462. The van der Waals surface area contributed by atoms with Gasteiger partial charge in [0, 0.05) is 18.5 Å². The third kappa shape index (κ3) is 5.56. The van der Waals surface area contributed by atoms with Crippen molar-refractivity contribution in [2.75, 3.05) is 19.6 Å². The van der Waals surface area contributed by atoms with E-state index in [2.05, 4.69) is 11.4 Å². The molecule has 1 aliphatic carbocycles. The first kappa shape index (κ1) is 23.3. The first-order valence-corrected chi connectivity index (χ1v) is 11.4. The molecular weight excluding hydrogens is 427 g/mol. The summed E-state index contributed by atoms with van der Waals surface area (Å²) in [6.45, 7) is 1.53. The highest BCUT2D eigenvalue weighted by Gasteiger charge is 2.53. The van der Waals surface area contributed by atoms with Crippen LogP contribution in [0.2, 0.25) is 0 Å². The van der Waals surface area contributed by atoms with Gasteiger partial charge in [0.15, 0.2) is 0 Å². The highest BCUT2D eigenvalue weighted by molar-refractivity contribution is 5.82. The van der Waals surface area contributed by atoms with Crippen molar-refractivity contribution in [3.63, 3.8) is 0 Å². The van der Waals surface area contributed by atoms with Gasteiger partial charge in [-0.05, 0) is 60.9 Å². The van der Waals surface area contributed by atoms with Crippen LogP contribution in [0.5, 0.6) is 0 Å². The minimum Gasteiger partial charge on any atom is -0.331 e. The number of nitrogens with one attached hydrogen (secondary N) is 1. The van der Waals surface area contributed by atoms with Crippen LogP contribution in [0, 0.1) is 16.7 Å². The SMILES string of the molecule is N#CCc1ccc(CC2(CN(C(=O)C(F)(F)F)[C@@H]3CC3c3ccccc3)CCNCC2)cc1. The summed E-state index contributed by atoms with van der Waals surface area (Å²) in [6, 6.07) is 18.9. The molecule has 1 saturated heterocycles. The summed E-state index contributed by atoms with van der Waals surface area (Å²) >= 11 is 0. The van der Waals surface area contributed by atoms with E-state index in [1.807, 2.05) is 54.6 Å². The molecule has 4 rings (SSSR count). The molecule has 2 atom stereocenters. The van der Waals surface area contributed by atoms with Crippen LogP contribution in [-0.4, -0.2) is 42.7 Å². The van der Waals surface area contributed by atoms with Crippen molar-refractivity contribution in [3.05, 3.63) is 71.3 Å². The number of benzene rings is 2. The summed E-state index contributed by atoms with van der Waals surface area (Å²) in [4.78, 5) is 13.7. The number of carbonyl (C=O) groups is 1. The van der Waals surface area contributed by atoms with Gasteiger partial charge in [0.25, 0.3) is 0 Å². The van der Waals surface area contributed by atoms with Crippen molar-refractivity contribution in [3.8, 4) is 6.07 Å². The van der Waals surface area contributed by atoms with Crippen LogP contribution in [0.25, 0.3) is 0 Å². The Morgan fingerprint density at radius 3 is 2.30 bits per heavy atom. The Labute approximate surface area is 192 Å². The van der Waals surface area contributed by atoms with Crippen LogP contribution < -0.4 is 5.32 Å². The van der Waals surface area contributed by atoms with E-state index in [1.54, 1.807) is 0 Å². The second kappa shape index (κ2) is 9.56. The van der Waals surface area contributed by atoms with E-state index < -0.39 is 23.5 Å². The van der Waals surface area contributed by atoms with Gasteiger partial charge in [-0.2, -0.15) is 18.4 Å². The number of piperidine rings is 1. The molecule has 2 aromatic carbocycles. The van der Waals surface area contributed by atoms with E-state index in [4.69, 9.17) is 5.26 Å². The van der Waals surface area contributed by atoms with Gasteiger partial charge in [-0.1, -0.05) is 54.6 Å². The minimum absolute atomic E-state index is 0.0541. The molecule has 2 fully saturated rings. The van der Waals surface area contributed by atoms with E-state index in [0.717, 1.165) is 21.6 Å². The summed E-state index contributed by atoms with van der Waals surface area (Å²) in [5, 5.41) is 12.2. The molecule has 1 heterocycles. The average molecular weight is 456 g/mol. The van der Waals surface area contributed by atoms with Crippen molar-refractivity contribution < 1.29 is 18.0 Å². The monoisotopic (exact) mass is 455 g/mol. The highest BCUT2D eigenvalue weighted by Crippen LogP contribution is 2.48. The lowest BCUT2D eigenvalue weighted by molar-refractivity contribution is -0.188. The number of hydrogen-bond donors (Lipinski definition) is 1. The molecule has 0 spiro atoms. The second-order valence-corrected chi connectivity index (χ2v) is 9.33. The standard InChI is InChI=1S/C26H28F3N3O/c27-26(28,29)24(33)32(23-16-22(23)21-4-2-1-3-5-21)18-25(11-14-31-15-12-25)17-20-8-6-19(7-9-20)10-13-30/h1-9,22-23,31H,10-12,14-18H2/t22?,23-/m1/s1. The van der Waals surface area contributed by atoms with E-state index >= 15 is 0 Å². The van der Waals surface area contributed by atoms with Crippen LogP contribution in [0.3, 0.4) is 0 Å². The Balaban J connectivity index is 1.58. The lowest BCUT2D eigenvalue weighted by Crippen LogP contribution is -2.51. The normalized spacial score (nSPS) is 21.8. The summed E-state index contributed by atoms with van der Waals surface area (Å²) < 4.78 is 40.8. The zero-order valence-corrected chi connectivity index (χ0v) is 18.4. The molecule has 7 heteroatoms. The third-order valence-electron chi connectivity index (χ3n) is 6.94. The predicted octanol–water partition coefficient (Wildman–Crippen LogP) is 4.61. The maximum Gasteiger partial charge on any atom is 0.471 e. The lowest BCUT2D eigenvalue weighted by Gasteiger charge is -2.42. The number of halogens is 3. The molecule has 4 nitrogen and oxygen atoms in total. The first-order valence-electron chi connectivity index (χ1n) is 11.4. The molecule has 1 aliphatic heterocycles. The molecule has 0 radical (unpaired) electrons. The van der Waals surface area contributed by atoms with Crippen LogP contribution >= 0.6 is 0 Å². The number of alkyl halides is 3. The van der Waals surface area contributed by atoms with Crippen LogP contribution in [0.1, 0.15) is 41.9 Å². The van der Waals surface area contributed by atoms with E-state index in [-0.39, 0.29) is 12.5 Å². The maximum atomic E-state index is 13.6. The van der Waals surface area contributed by atoms with E-state index in [0.29, 0.717) is 45.2 Å².